The van der Waals surface area contributed by atoms with Crippen molar-refractivity contribution in [1.29, 1.82) is 0 Å². The van der Waals surface area contributed by atoms with E-state index in [9.17, 15) is 14.7 Å². The summed E-state index contributed by atoms with van der Waals surface area (Å²) in [5.74, 6) is 2.34. The smallest absolute Gasteiger partial charge is 0.251 e. The van der Waals surface area contributed by atoms with Gasteiger partial charge in [0.05, 0.1) is 6.10 Å². The number of amides is 2. The highest BCUT2D eigenvalue weighted by molar-refractivity contribution is 5.94. The molecule has 3 N–H and O–H groups in total. The molecule has 1 unspecified atom stereocenters. The Hall–Kier alpha value is -1.88. The van der Waals surface area contributed by atoms with Gasteiger partial charge >= 0.3 is 0 Å². The summed E-state index contributed by atoms with van der Waals surface area (Å²) < 4.78 is 0. The van der Waals surface area contributed by atoms with E-state index in [-0.39, 0.29) is 23.8 Å². The predicted molar refractivity (Wildman–Crippen MR) is 103 cm³/mol. The molecule has 0 radical (unpaired) electrons. The monoisotopic (exact) mass is 370 g/mol. The van der Waals surface area contributed by atoms with E-state index in [1.54, 1.807) is 19.1 Å². The number of rotatable bonds is 6. The Morgan fingerprint density at radius 1 is 1.04 bits per heavy atom. The largest absolute Gasteiger partial charge is 0.392 e. The van der Waals surface area contributed by atoms with Gasteiger partial charge in [-0.15, -0.1) is 0 Å². The third kappa shape index (κ3) is 3.88. The first-order chi connectivity index (χ1) is 12.9. The van der Waals surface area contributed by atoms with E-state index < -0.39 is 6.10 Å². The Morgan fingerprint density at radius 2 is 1.59 bits per heavy atom. The fraction of sp³-hybridized carbons (Fsp3) is 0.636. The van der Waals surface area contributed by atoms with Gasteiger partial charge in [0, 0.05) is 24.1 Å². The van der Waals surface area contributed by atoms with Crippen molar-refractivity contribution >= 4 is 11.8 Å². The van der Waals surface area contributed by atoms with Gasteiger partial charge in [0.15, 0.2) is 0 Å². The minimum Gasteiger partial charge on any atom is -0.392 e. The maximum absolute atomic E-state index is 13.0. The van der Waals surface area contributed by atoms with Gasteiger partial charge in [-0.2, -0.15) is 0 Å². The SMILES string of the molecule is CC(O)CNC(=O)c1ccc(CNC(=O)C23CC4CC(CC(C4)C2)C3)cc1. The lowest BCUT2D eigenvalue weighted by atomic mass is 9.49. The van der Waals surface area contributed by atoms with Crippen molar-refractivity contribution in [2.75, 3.05) is 6.54 Å². The van der Waals surface area contributed by atoms with Crippen LogP contribution in [0.25, 0.3) is 0 Å². The zero-order chi connectivity index (χ0) is 19.0. The Bertz CT molecular complexity index is 675. The molecule has 0 aliphatic heterocycles. The maximum atomic E-state index is 13.0. The summed E-state index contributed by atoms with van der Waals surface area (Å²) in [6, 6.07) is 7.31. The average molecular weight is 370 g/mol. The third-order valence-corrected chi connectivity index (χ3v) is 6.75. The van der Waals surface area contributed by atoms with Crippen molar-refractivity contribution in [3.63, 3.8) is 0 Å². The highest BCUT2D eigenvalue weighted by Gasteiger charge is 2.54. The summed E-state index contributed by atoms with van der Waals surface area (Å²) in [5.41, 5.74) is 1.45. The van der Waals surface area contributed by atoms with E-state index in [0.29, 0.717) is 12.1 Å². The van der Waals surface area contributed by atoms with E-state index >= 15 is 0 Å². The molecule has 4 aliphatic rings. The lowest BCUT2D eigenvalue weighted by Gasteiger charge is -2.55. The molecule has 146 valence electrons. The summed E-state index contributed by atoms with van der Waals surface area (Å²) in [6.07, 6.45) is 6.68. The van der Waals surface area contributed by atoms with E-state index in [1.807, 2.05) is 12.1 Å². The molecule has 5 heteroatoms. The van der Waals surface area contributed by atoms with Crippen molar-refractivity contribution < 1.29 is 14.7 Å². The average Bonchev–Trinajstić information content (AvgIpc) is 2.63. The van der Waals surface area contributed by atoms with Gasteiger partial charge in [-0.25, -0.2) is 0 Å². The molecular weight excluding hydrogens is 340 g/mol. The molecule has 5 nitrogen and oxygen atoms in total. The van der Waals surface area contributed by atoms with Crippen LogP contribution >= 0.6 is 0 Å². The molecule has 4 bridgehead atoms. The van der Waals surface area contributed by atoms with Crippen LogP contribution in [-0.4, -0.2) is 29.6 Å². The Morgan fingerprint density at radius 3 is 2.11 bits per heavy atom. The van der Waals surface area contributed by atoms with Crippen LogP contribution in [0.4, 0.5) is 0 Å². The van der Waals surface area contributed by atoms with Gasteiger partial charge in [0.2, 0.25) is 5.91 Å². The molecule has 0 spiro atoms. The summed E-state index contributed by atoms with van der Waals surface area (Å²) in [7, 11) is 0. The molecule has 27 heavy (non-hydrogen) atoms. The van der Waals surface area contributed by atoms with Gasteiger partial charge in [-0.1, -0.05) is 12.1 Å². The fourth-order valence-electron chi connectivity index (χ4n) is 5.88. The molecule has 0 heterocycles. The molecule has 1 atom stereocenters. The second-order valence-corrected chi connectivity index (χ2v) is 9.14. The van der Waals surface area contributed by atoms with Crippen molar-refractivity contribution in [2.45, 2.75) is 58.1 Å². The summed E-state index contributed by atoms with van der Waals surface area (Å²) in [5, 5.41) is 15.1. The van der Waals surface area contributed by atoms with Crippen molar-refractivity contribution in [3.05, 3.63) is 35.4 Å². The highest BCUT2D eigenvalue weighted by Crippen LogP contribution is 2.60. The number of hydrogen-bond donors (Lipinski definition) is 3. The molecular formula is C22H30N2O3. The zero-order valence-corrected chi connectivity index (χ0v) is 16.0. The number of carbonyl (C=O) groups is 2. The number of hydrogen-bond acceptors (Lipinski definition) is 3. The third-order valence-electron chi connectivity index (χ3n) is 6.75. The molecule has 0 saturated heterocycles. The number of benzene rings is 1. The van der Waals surface area contributed by atoms with Crippen LogP contribution in [0, 0.1) is 23.2 Å². The minimum absolute atomic E-state index is 0.116. The van der Waals surface area contributed by atoms with Crippen LogP contribution < -0.4 is 10.6 Å². The standard InChI is InChI=1S/C22H30N2O3/c1-14(25)12-23-20(26)19-4-2-15(3-5-19)13-24-21(27)22-9-16-6-17(10-22)8-18(7-16)11-22/h2-5,14,16-18,25H,6-13H2,1H3,(H,23,26)(H,24,27). The van der Waals surface area contributed by atoms with E-state index in [1.165, 1.54) is 19.3 Å². The van der Waals surface area contributed by atoms with E-state index in [4.69, 9.17) is 0 Å². The summed E-state index contributed by atoms with van der Waals surface area (Å²) in [4.78, 5) is 25.0. The van der Waals surface area contributed by atoms with Crippen LogP contribution in [0.2, 0.25) is 0 Å². The second-order valence-electron chi connectivity index (χ2n) is 9.14. The first kappa shape index (κ1) is 18.5. The first-order valence-electron chi connectivity index (χ1n) is 10.3. The Kier molecular flexibility index (Phi) is 4.97. The predicted octanol–water partition coefficient (Wildman–Crippen LogP) is 2.63. The lowest BCUT2D eigenvalue weighted by molar-refractivity contribution is -0.146. The Labute approximate surface area is 160 Å². The van der Waals surface area contributed by atoms with Crippen LogP contribution in [0.1, 0.15) is 61.4 Å². The molecule has 4 fully saturated rings. The number of aliphatic hydroxyl groups is 1. The van der Waals surface area contributed by atoms with Crippen LogP contribution in [0.3, 0.4) is 0 Å². The second kappa shape index (κ2) is 7.27. The van der Waals surface area contributed by atoms with E-state index in [2.05, 4.69) is 10.6 Å². The molecule has 1 aromatic carbocycles. The molecule has 4 aliphatic carbocycles. The van der Waals surface area contributed by atoms with Crippen molar-refractivity contribution in [1.82, 2.24) is 10.6 Å². The minimum atomic E-state index is -0.562. The topological polar surface area (TPSA) is 78.4 Å². The first-order valence-corrected chi connectivity index (χ1v) is 10.3. The quantitative estimate of drug-likeness (QED) is 0.720. The van der Waals surface area contributed by atoms with Crippen molar-refractivity contribution in [2.24, 2.45) is 23.2 Å². The van der Waals surface area contributed by atoms with Crippen molar-refractivity contribution in [3.8, 4) is 0 Å². The van der Waals surface area contributed by atoms with Gasteiger partial charge in [-0.3, -0.25) is 9.59 Å². The maximum Gasteiger partial charge on any atom is 0.251 e. The van der Waals surface area contributed by atoms with Gasteiger partial charge < -0.3 is 15.7 Å². The Balaban J connectivity index is 1.32. The number of carbonyl (C=O) groups excluding carboxylic acids is 2. The summed E-state index contributed by atoms with van der Waals surface area (Å²) >= 11 is 0. The van der Waals surface area contributed by atoms with Gasteiger partial charge in [-0.05, 0) is 80.9 Å². The van der Waals surface area contributed by atoms with Gasteiger partial charge in [0.25, 0.3) is 5.91 Å². The molecule has 0 aromatic heterocycles. The number of nitrogens with one attached hydrogen (secondary N) is 2. The molecule has 5 rings (SSSR count). The van der Waals surface area contributed by atoms with Crippen LogP contribution in [-0.2, 0) is 11.3 Å². The molecule has 1 aromatic rings. The lowest BCUT2D eigenvalue weighted by Crippen LogP contribution is -2.53. The zero-order valence-electron chi connectivity index (χ0n) is 16.0. The van der Waals surface area contributed by atoms with E-state index in [0.717, 1.165) is 42.6 Å². The van der Waals surface area contributed by atoms with Crippen LogP contribution in [0.5, 0.6) is 0 Å². The highest BCUT2D eigenvalue weighted by atomic mass is 16.3. The van der Waals surface area contributed by atoms with Crippen LogP contribution in [0.15, 0.2) is 24.3 Å². The number of aliphatic hydroxyl groups excluding tert-OH is 1. The molecule has 2 amide bonds. The summed E-state index contributed by atoms with van der Waals surface area (Å²) in [6.45, 7) is 2.38. The fourth-order valence-corrected chi connectivity index (χ4v) is 5.88. The van der Waals surface area contributed by atoms with Gasteiger partial charge in [0.1, 0.15) is 0 Å². The normalized spacial score (nSPS) is 32.1. The molecule has 4 saturated carbocycles.